The van der Waals surface area contributed by atoms with E-state index in [0.29, 0.717) is 11.1 Å². The van der Waals surface area contributed by atoms with E-state index in [9.17, 15) is 13.2 Å². The van der Waals surface area contributed by atoms with Crippen LogP contribution in [0, 0.1) is 0 Å². The molecule has 0 N–H and O–H groups in total. The Balaban J connectivity index is 2.22. The number of hydrogen-bond donors (Lipinski definition) is 0. The number of benzene rings is 2. The number of aliphatic imine (C=N–C) groups is 1. The molecule has 0 fully saturated rings. The Hall–Kier alpha value is -2.24. The Morgan fingerprint density at radius 2 is 1.46 bits per heavy atom. The maximum Gasteiger partial charge on any atom is 0.205 e. The third-order valence-corrected chi connectivity index (χ3v) is 5.96. The van der Waals surface area contributed by atoms with Gasteiger partial charge in [0.25, 0.3) is 0 Å². The smallest absolute Gasteiger partial charge is 0.205 e. The van der Waals surface area contributed by atoms with Crippen molar-refractivity contribution in [3.8, 4) is 0 Å². The highest BCUT2D eigenvalue weighted by molar-refractivity contribution is 7.96. The Labute approximate surface area is 145 Å². The highest BCUT2D eigenvalue weighted by Gasteiger charge is 2.45. The Morgan fingerprint density at radius 3 is 1.92 bits per heavy atom. The van der Waals surface area contributed by atoms with Gasteiger partial charge in [0.05, 0.1) is 5.75 Å². The van der Waals surface area contributed by atoms with Crippen LogP contribution in [0.3, 0.4) is 0 Å². The zero-order valence-corrected chi connectivity index (χ0v) is 14.2. The topological polar surface area (TPSA) is 63.6 Å². The molecule has 0 spiro atoms. The lowest BCUT2D eigenvalue weighted by molar-refractivity contribution is -0.116. The molecular formula is C18H14ClNO3S. The summed E-state index contributed by atoms with van der Waals surface area (Å²) in [5.41, 5.74) is 1.02. The van der Waals surface area contributed by atoms with Gasteiger partial charge in [-0.2, -0.15) is 0 Å². The zero-order valence-electron chi connectivity index (χ0n) is 12.6. The maximum atomic E-state index is 13.2. The molecule has 0 aliphatic carbocycles. The lowest BCUT2D eigenvalue weighted by atomic mass is 9.86. The van der Waals surface area contributed by atoms with Gasteiger partial charge in [-0.15, -0.1) is 0 Å². The molecule has 1 aliphatic rings. The first-order valence-electron chi connectivity index (χ1n) is 7.25. The fraction of sp³-hybridized carbons (Fsp3) is 0.111. The summed E-state index contributed by atoms with van der Waals surface area (Å²) in [7, 11) is -3.74. The molecule has 1 heterocycles. The minimum atomic E-state index is -3.74. The van der Waals surface area contributed by atoms with Crippen molar-refractivity contribution in [3.63, 3.8) is 0 Å². The zero-order chi connectivity index (χ0) is 17.2. The van der Waals surface area contributed by atoms with Crippen LogP contribution in [-0.4, -0.2) is 26.2 Å². The lowest BCUT2D eigenvalue weighted by Crippen LogP contribution is -2.36. The van der Waals surface area contributed by atoms with E-state index in [4.69, 9.17) is 11.6 Å². The molecule has 0 atom stereocenters. The second kappa shape index (κ2) is 6.34. The van der Waals surface area contributed by atoms with Gasteiger partial charge < -0.3 is 0 Å². The van der Waals surface area contributed by atoms with Crippen LogP contribution in [-0.2, 0) is 19.5 Å². The van der Waals surface area contributed by atoms with Crippen LogP contribution in [0.4, 0.5) is 0 Å². The molecule has 0 unspecified atom stereocenters. The van der Waals surface area contributed by atoms with Gasteiger partial charge in [0.1, 0.15) is 4.91 Å². The molecule has 0 saturated heterocycles. The predicted molar refractivity (Wildman–Crippen MR) is 94.9 cm³/mol. The van der Waals surface area contributed by atoms with Gasteiger partial charge in [-0.3, -0.25) is 9.79 Å². The van der Waals surface area contributed by atoms with Crippen LogP contribution >= 0.6 is 11.6 Å². The lowest BCUT2D eigenvalue weighted by Gasteiger charge is -2.28. The van der Waals surface area contributed by atoms with Crippen LogP contribution < -0.4 is 0 Å². The van der Waals surface area contributed by atoms with Crippen molar-refractivity contribution in [2.45, 2.75) is 4.87 Å². The van der Waals surface area contributed by atoms with E-state index >= 15 is 0 Å². The average Bonchev–Trinajstić information content (AvgIpc) is 2.61. The first kappa shape index (κ1) is 16.6. The van der Waals surface area contributed by atoms with Crippen LogP contribution in [0.1, 0.15) is 11.1 Å². The fourth-order valence-electron chi connectivity index (χ4n) is 2.57. The minimum absolute atomic E-state index is 0.304. The SMILES string of the molecule is O=C(C1=CN=CCS1(=O)=O)C(Cl)(c1ccccc1)c1ccccc1. The van der Waals surface area contributed by atoms with Crippen molar-refractivity contribution < 1.29 is 13.2 Å². The van der Waals surface area contributed by atoms with Gasteiger partial charge >= 0.3 is 0 Å². The van der Waals surface area contributed by atoms with Gasteiger partial charge in [0.2, 0.25) is 5.78 Å². The molecule has 1 aliphatic heterocycles. The highest BCUT2D eigenvalue weighted by Crippen LogP contribution is 2.40. The number of carbonyl (C=O) groups is 1. The van der Waals surface area contributed by atoms with Gasteiger partial charge in [0.15, 0.2) is 14.7 Å². The second-order valence-electron chi connectivity index (χ2n) is 5.33. The summed E-state index contributed by atoms with van der Waals surface area (Å²) in [6.07, 6.45) is 2.33. The van der Waals surface area contributed by atoms with E-state index < -0.39 is 20.5 Å². The summed E-state index contributed by atoms with van der Waals surface area (Å²) >= 11 is 6.79. The molecule has 0 aromatic heterocycles. The van der Waals surface area contributed by atoms with E-state index in [-0.39, 0.29) is 10.7 Å². The fourth-order valence-corrected chi connectivity index (χ4v) is 4.09. The number of rotatable bonds is 4. The number of nitrogens with zero attached hydrogens (tertiary/aromatic N) is 1. The van der Waals surface area contributed by atoms with Crippen molar-refractivity contribution >= 4 is 33.4 Å². The summed E-state index contributed by atoms with van der Waals surface area (Å²) in [6.45, 7) is 0. The molecule has 6 heteroatoms. The largest absolute Gasteiger partial charge is 0.291 e. The first-order valence-corrected chi connectivity index (χ1v) is 9.28. The van der Waals surface area contributed by atoms with E-state index in [1.165, 1.54) is 6.21 Å². The predicted octanol–water partition coefficient (Wildman–Crippen LogP) is 3.08. The number of halogens is 1. The molecular weight excluding hydrogens is 346 g/mol. The highest BCUT2D eigenvalue weighted by atomic mass is 35.5. The molecule has 24 heavy (non-hydrogen) atoms. The summed E-state index contributed by atoms with van der Waals surface area (Å²) < 4.78 is 24.6. The van der Waals surface area contributed by atoms with Crippen molar-refractivity contribution in [1.29, 1.82) is 0 Å². The monoisotopic (exact) mass is 359 g/mol. The molecule has 0 amide bonds. The number of alkyl halides is 1. The first-order chi connectivity index (χ1) is 11.5. The van der Waals surface area contributed by atoms with Gasteiger partial charge in [-0.25, -0.2) is 8.42 Å². The third kappa shape index (κ3) is 2.81. The molecule has 0 bridgehead atoms. The van der Waals surface area contributed by atoms with E-state index in [1.54, 1.807) is 60.7 Å². The molecule has 122 valence electrons. The number of sulfone groups is 1. The van der Waals surface area contributed by atoms with Crippen molar-refractivity contribution in [2.75, 3.05) is 5.75 Å². The number of hydrogen-bond acceptors (Lipinski definition) is 4. The quantitative estimate of drug-likeness (QED) is 0.788. The molecule has 0 saturated carbocycles. The normalized spacial score (nSPS) is 16.5. The number of allylic oxidation sites excluding steroid dienone is 1. The average molecular weight is 360 g/mol. The van der Waals surface area contributed by atoms with Gasteiger partial charge in [0, 0.05) is 12.4 Å². The van der Waals surface area contributed by atoms with Crippen LogP contribution in [0.25, 0.3) is 0 Å². The van der Waals surface area contributed by atoms with Crippen LogP contribution in [0.2, 0.25) is 0 Å². The molecule has 2 aromatic rings. The maximum absolute atomic E-state index is 13.2. The standard InChI is InChI=1S/C18H14ClNO3S/c19-18(14-7-3-1-4-8-14,15-9-5-2-6-10-15)17(21)16-13-20-11-12-24(16,22)23/h1-11,13H,12H2. The van der Waals surface area contributed by atoms with Crippen LogP contribution in [0.5, 0.6) is 0 Å². The molecule has 2 aromatic carbocycles. The van der Waals surface area contributed by atoms with E-state index in [0.717, 1.165) is 6.20 Å². The van der Waals surface area contributed by atoms with Crippen molar-refractivity contribution in [1.82, 2.24) is 0 Å². The second-order valence-corrected chi connectivity index (χ2v) is 7.90. The molecule has 3 rings (SSSR count). The number of ketones is 1. The Kier molecular flexibility index (Phi) is 4.39. The van der Waals surface area contributed by atoms with Gasteiger partial charge in [-0.1, -0.05) is 72.3 Å². The Bertz CT molecular complexity index is 880. The minimum Gasteiger partial charge on any atom is -0.291 e. The number of carbonyl (C=O) groups excluding carboxylic acids is 1. The summed E-state index contributed by atoms with van der Waals surface area (Å²) in [5, 5.41) is 0. The van der Waals surface area contributed by atoms with E-state index in [2.05, 4.69) is 4.99 Å². The summed E-state index contributed by atoms with van der Waals surface area (Å²) in [4.78, 5) is 15.0. The molecule has 0 radical (unpaired) electrons. The third-order valence-electron chi connectivity index (χ3n) is 3.81. The van der Waals surface area contributed by atoms with E-state index in [1.807, 2.05) is 0 Å². The Morgan fingerprint density at radius 1 is 0.958 bits per heavy atom. The van der Waals surface area contributed by atoms with Crippen LogP contribution in [0.15, 0.2) is 76.8 Å². The van der Waals surface area contributed by atoms with Gasteiger partial charge in [-0.05, 0) is 11.1 Å². The molecule has 4 nitrogen and oxygen atoms in total. The van der Waals surface area contributed by atoms with Crippen molar-refractivity contribution in [3.05, 3.63) is 82.9 Å². The van der Waals surface area contributed by atoms with Crippen molar-refractivity contribution in [2.24, 2.45) is 4.99 Å². The summed E-state index contributed by atoms with van der Waals surface area (Å²) in [5.74, 6) is -1.00. The number of Topliss-reactive ketones (excluding diaryl/α,β-unsaturated/α-hetero) is 1. The summed E-state index contributed by atoms with van der Waals surface area (Å²) in [6, 6.07) is 17.4.